The predicted molar refractivity (Wildman–Crippen MR) is 79.4 cm³/mol. The highest BCUT2D eigenvalue weighted by atomic mass is 79.9. The first-order valence-corrected chi connectivity index (χ1v) is 6.54. The van der Waals surface area contributed by atoms with Crippen LogP contribution in [0.4, 0.5) is 17.1 Å². The Labute approximate surface area is 115 Å². The van der Waals surface area contributed by atoms with E-state index in [0.717, 1.165) is 21.6 Å². The summed E-state index contributed by atoms with van der Waals surface area (Å²) in [6.07, 6.45) is 0. The van der Waals surface area contributed by atoms with Crippen LogP contribution in [0.5, 0.6) is 5.75 Å². The highest BCUT2D eigenvalue weighted by Gasteiger charge is 2.05. The van der Waals surface area contributed by atoms with Gasteiger partial charge in [-0.25, -0.2) is 0 Å². The van der Waals surface area contributed by atoms with Gasteiger partial charge in [0.05, 0.1) is 23.7 Å². The van der Waals surface area contributed by atoms with Crippen molar-refractivity contribution in [1.29, 1.82) is 0 Å². The summed E-state index contributed by atoms with van der Waals surface area (Å²) in [5, 5.41) is 3.28. The van der Waals surface area contributed by atoms with Crippen LogP contribution in [-0.4, -0.2) is 6.61 Å². The van der Waals surface area contributed by atoms with E-state index < -0.39 is 0 Å². The van der Waals surface area contributed by atoms with Gasteiger partial charge in [-0.2, -0.15) is 0 Å². The van der Waals surface area contributed by atoms with Crippen LogP contribution in [-0.2, 0) is 0 Å². The van der Waals surface area contributed by atoms with Crippen LogP contribution >= 0.6 is 15.9 Å². The molecule has 0 bridgehead atoms. The number of para-hydroxylation sites is 2. The number of benzene rings is 2. The molecule has 2 aromatic rings. The largest absolute Gasteiger partial charge is 0.492 e. The number of nitrogens with one attached hydrogen (secondary N) is 1. The van der Waals surface area contributed by atoms with Gasteiger partial charge in [0.25, 0.3) is 0 Å². The molecule has 0 unspecified atom stereocenters. The van der Waals surface area contributed by atoms with Gasteiger partial charge in [0.15, 0.2) is 0 Å². The monoisotopic (exact) mass is 306 g/mol. The Morgan fingerprint density at radius 3 is 2.67 bits per heavy atom. The molecular formula is C14H15BrN2O. The van der Waals surface area contributed by atoms with Crippen LogP contribution in [0.3, 0.4) is 0 Å². The van der Waals surface area contributed by atoms with E-state index >= 15 is 0 Å². The van der Waals surface area contributed by atoms with Crippen molar-refractivity contribution in [3.8, 4) is 5.75 Å². The van der Waals surface area contributed by atoms with E-state index in [1.807, 2.05) is 49.4 Å². The van der Waals surface area contributed by atoms with Crippen LogP contribution in [0, 0.1) is 0 Å². The van der Waals surface area contributed by atoms with Crippen LogP contribution < -0.4 is 15.8 Å². The minimum absolute atomic E-state index is 0.633. The Morgan fingerprint density at radius 2 is 1.94 bits per heavy atom. The Hall–Kier alpha value is -1.68. The van der Waals surface area contributed by atoms with Gasteiger partial charge < -0.3 is 15.8 Å². The molecule has 2 aromatic carbocycles. The maximum Gasteiger partial charge on any atom is 0.142 e. The lowest BCUT2D eigenvalue weighted by Crippen LogP contribution is -1.99. The van der Waals surface area contributed by atoms with Crippen molar-refractivity contribution in [1.82, 2.24) is 0 Å². The van der Waals surface area contributed by atoms with Gasteiger partial charge in [-0.15, -0.1) is 0 Å². The minimum atomic E-state index is 0.633. The molecule has 0 radical (unpaired) electrons. The van der Waals surface area contributed by atoms with E-state index in [-0.39, 0.29) is 0 Å². The molecule has 4 heteroatoms. The van der Waals surface area contributed by atoms with Gasteiger partial charge in [0, 0.05) is 4.47 Å². The number of hydrogen-bond acceptors (Lipinski definition) is 3. The fourth-order valence-electron chi connectivity index (χ4n) is 1.64. The van der Waals surface area contributed by atoms with Crippen molar-refractivity contribution < 1.29 is 4.74 Å². The SMILES string of the molecule is CCOc1ccccc1Nc1ccc(Br)cc1N. The summed E-state index contributed by atoms with van der Waals surface area (Å²) >= 11 is 3.39. The van der Waals surface area contributed by atoms with Crippen molar-refractivity contribution in [3.63, 3.8) is 0 Å². The van der Waals surface area contributed by atoms with Crippen molar-refractivity contribution in [2.45, 2.75) is 6.92 Å². The number of rotatable bonds is 4. The molecule has 2 rings (SSSR count). The van der Waals surface area contributed by atoms with Gasteiger partial charge in [-0.3, -0.25) is 0 Å². The van der Waals surface area contributed by atoms with Crippen molar-refractivity contribution in [3.05, 3.63) is 46.9 Å². The Balaban J connectivity index is 2.28. The van der Waals surface area contributed by atoms with E-state index in [2.05, 4.69) is 21.2 Å². The molecule has 0 atom stereocenters. The average Bonchev–Trinajstić information content (AvgIpc) is 2.35. The number of anilines is 3. The Morgan fingerprint density at radius 1 is 1.17 bits per heavy atom. The van der Waals surface area contributed by atoms with Gasteiger partial charge in [0.1, 0.15) is 5.75 Å². The third-order valence-electron chi connectivity index (χ3n) is 2.47. The molecule has 3 N–H and O–H groups in total. The molecule has 0 saturated carbocycles. The molecule has 0 amide bonds. The zero-order valence-electron chi connectivity index (χ0n) is 10.1. The van der Waals surface area contributed by atoms with Crippen LogP contribution in [0.15, 0.2) is 46.9 Å². The second-order valence-electron chi connectivity index (χ2n) is 3.79. The lowest BCUT2D eigenvalue weighted by atomic mass is 10.2. The second-order valence-corrected chi connectivity index (χ2v) is 4.70. The summed E-state index contributed by atoms with van der Waals surface area (Å²) in [6, 6.07) is 13.5. The summed E-state index contributed by atoms with van der Waals surface area (Å²) in [4.78, 5) is 0. The number of nitrogen functional groups attached to an aromatic ring is 1. The Bertz CT molecular complexity index is 543. The molecule has 0 aromatic heterocycles. The molecule has 0 fully saturated rings. The molecule has 0 aliphatic rings. The molecular weight excluding hydrogens is 292 g/mol. The highest BCUT2D eigenvalue weighted by Crippen LogP contribution is 2.31. The highest BCUT2D eigenvalue weighted by molar-refractivity contribution is 9.10. The molecule has 0 aliphatic heterocycles. The topological polar surface area (TPSA) is 47.3 Å². The lowest BCUT2D eigenvalue weighted by molar-refractivity contribution is 0.342. The Kier molecular flexibility index (Phi) is 4.10. The van der Waals surface area contributed by atoms with Crippen LogP contribution in [0.25, 0.3) is 0 Å². The summed E-state index contributed by atoms with van der Waals surface area (Å²) in [6.45, 7) is 2.60. The number of nitrogens with two attached hydrogens (primary N) is 1. The maximum atomic E-state index is 5.96. The van der Waals surface area contributed by atoms with Crippen molar-refractivity contribution in [2.75, 3.05) is 17.7 Å². The molecule has 0 saturated heterocycles. The quantitative estimate of drug-likeness (QED) is 0.833. The normalized spacial score (nSPS) is 10.1. The predicted octanol–water partition coefficient (Wildman–Crippen LogP) is 4.17. The van der Waals surface area contributed by atoms with E-state index in [9.17, 15) is 0 Å². The summed E-state index contributed by atoms with van der Waals surface area (Å²) in [5.74, 6) is 0.822. The molecule has 0 spiro atoms. The first-order valence-electron chi connectivity index (χ1n) is 5.74. The molecule has 18 heavy (non-hydrogen) atoms. The third-order valence-corrected chi connectivity index (χ3v) is 2.96. The van der Waals surface area contributed by atoms with Crippen LogP contribution in [0.1, 0.15) is 6.92 Å². The van der Waals surface area contributed by atoms with Gasteiger partial charge in [-0.05, 0) is 37.3 Å². The third kappa shape index (κ3) is 2.96. The van der Waals surface area contributed by atoms with E-state index in [1.54, 1.807) is 0 Å². The smallest absolute Gasteiger partial charge is 0.142 e. The number of halogens is 1. The molecule has 0 aliphatic carbocycles. The maximum absolute atomic E-state index is 5.96. The molecule has 0 heterocycles. The molecule has 94 valence electrons. The van der Waals surface area contributed by atoms with Gasteiger partial charge in [-0.1, -0.05) is 28.1 Å². The first-order chi connectivity index (χ1) is 8.70. The molecule has 3 nitrogen and oxygen atoms in total. The fourth-order valence-corrected chi connectivity index (χ4v) is 2.02. The minimum Gasteiger partial charge on any atom is -0.492 e. The average molecular weight is 307 g/mol. The summed E-state index contributed by atoms with van der Waals surface area (Å²) in [7, 11) is 0. The fraction of sp³-hybridized carbons (Fsp3) is 0.143. The van der Waals surface area contributed by atoms with Gasteiger partial charge >= 0.3 is 0 Å². The van der Waals surface area contributed by atoms with E-state index in [1.165, 1.54) is 0 Å². The van der Waals surface area contributed by atoms with Crippen LogP contribution in [0.2, 0.25) is 0 Å². The summed E-state index contributed by atoms with van der Waals surface area (Å²) < 4.78 is 6.52. The van der Waals surface area contributed by atoms with Gasteiger partial charge in [0.2, 0.25) is 0 Å². The number of hydrogen-bond donors (Lipinski definition) is 2. The van der Waals surface area contributed by atoms with Crippen molar-refractivity contribution >= 4 is 33.0 Å². The second kappa shape index (κ2) is 5.78. The van der Waals surface area contributed by atoms with E-state index in [0.29, 0.717) is 12.3 Å². The van der Waals surface area contributed by atoms with E-state index in [4.69, 9.17) is 10.5 Å². The number of ether oxygens (including phenoxy) is 1. The summed E-state index contributed by atoms with van der Waals surface area (Å²) in [5.41, 5.74) is 8.43. The lowest BCUT2D eigenvalue weighted by Gasteiger charge is -2.13. The zero-order chi connectivity index (χ0) is 13.0. The van der Waals surface area contributed by atoms with Crippen molar-refractivity contribution in [2.24, 2.45) is 0 Å². The first kappa shape index (κ1) is 12.8. The standard InChI is InChI=1S/C14H15BrN2O/c1-2-18-14-6-4-3-5-13(14)17-12-8-7-10(15)9-11(12)16/h3-9,17H,2,16H2,1H3. The zero-order valence-corrected chi connectivity index (χ0v) is 11.7.